The highest BCUT2D eigenvalue weighted by molar-refractivity contribution is 5.74. The van der Waals surface area contributed by atoms with Crippen LogP contribution >= 0.6 is 0 Å². The summed E-state index contributed by atoms with van der Waals surface area (Å²) in [6, 6.07) is 0. The maximum atomic E-state index is 12.5. The molecule has 118 valence electrons. The Morgan fingerprint density at radius 2 is 1.62 bits per heavy atom. The third kappa shape index (κ3) is 2.24. The predicted molar refractivity (Wildman–Crippen MR) is 82.5 cm³/mol. The van der Waals surface area contributed by atoms with Gasteiger partial charge in [-0.25, -0.2) is 0 Å². The SMILES string of the molecule is CCC1CC2CC1CC2COC(=O)C1C2CCC(C2)C1C. The lowest BCUT2D eigenvalue weighted by atomic mass is 9.80. The molecule has 2 heteroatoms. The van der Waals surface area contributed by atoms with E-state index in [0.29, 0.717) is 17.8 Å². The minimum Gasteiger partial charge on any atom is -0.465 e. The molecule has 8 atom stereocenters. The molecular weight excluding hydrogens is 260 g/mol. The lowest BCUT2D eigenvalue weighted by Crippen LogP contribution is -2.31. The molecule has 0 radical (unpaired) electrons. The van der Waals surface area contributed by atoms with Crippen molar-refractivity contribution in [2.75, 3.05) is 6.61 Å². The molecule has 4 rings (SSSR count). The van der Waals surface area contributed by atoms with E-state index in [0.717, 1.165) is 30.3 Å². The summed E-state index contributed by atoms with van der Waals surface area (Å²) in [4.78, 5) is 12.5. The molecule has 21 heavy (non-hydrogen) atoms. The molecule has 8 unspecified atom stereocenters. The Morgan fingerprint density at radius 3 is 2.24 bits per heavy atom. The molecule has 0 aromatic rings. The number of hydrogen-bond donors (Lipinski definition) is 0. The Bertz CT molecular complexity index is 416. The second-order valence-corrected chi connectivity index (χ2v) is 8.50. The second kappa shape index (κ2) is 5.28. The van der Waals surface area contributed by atoms with Crippen LogP contribution in [0.5, 0.6) is 0 Å². The number of carbonyl (C=O) groups is 1. The summed E-state index contributed by atoms with van der Waals surface area (Å²) in [6.45, 7) is 5.33. The third-order valence-electron chi connectivity index (χ3n) is 7.72. The highest BCUT2D eigenvalue weighted by Crippen LogP contribution is 2.54. The van der Waals surface area contributed by atoms with Gasteiger partial charge >= 0.3 is 5.97 Å². The molecule has 4 fully saturated rings. The summed E-state index contributed by atoms with van der Waals surface area (Å²) in [7, 11) is 0. The van der Waals surface area contributed by atoms with Gasteiger partial charge in [-0.1, -0.05) is 20.3 Å². The Balaban J connectivity index is 1.29. The first-order valence-electron chi connectivity index (χ1n) is 9.34. The van der Waals surface area contributed by atoms with Crippen molar-refractivity contribution in [2.45, 2.75) is 58.8 Å². The lowest BCUT2D eigenvalue weighted by molar-refractivity contribution is -0.154. The van der Waals surface area contributed by atoms with E-state index in [9.17, 15) is 4.79 Å². The average molecular weight is 290 g/mol. The van der Waals surface area contributed by atoms with Crippen LogP contribution in [0.1, 0.15) is 58.8 Å². The van der Waals surface area contributed by atoms with E-state index >= 15 is 0 Å². The summed E-state index contributed by atoms with van der Waals surface area (Å²) in [5, 5.41) is 0. The van der Waals surface area contributed by atoms with Crippen molar-refractivity contribution in [3.8, 4) is 0 Å². The largest absolute Gasteiger partial charge is 0.465 e. The summed E-state index contributed by atoms with van der Waals surface area (Å²) >= 11 is 0. The van der Waals surface area contributed by atoms with E-state index in [4.69, 9.17) is 4.74 Å². The molecule has 0 aromatic heterocycles. The van der Waals surface area contributed by atoms with Crippen LogP contribution in [0, 0.1) is 47.3 Å². The molecule has 0 aliphatic heterocycles. The normalized spacial score (nSPS) is 50.8. The first-order chi connectivity index (χ1) is 10.2. The van der Waals surface area contributed by atoms with E-state index < -0.39 is 0 Å². The van der Waals surface area contributed by atoms with Crippen LogP contribution in [-0.4, -0.2) is 12.6 Å². The molecule has 2 nitrogen and oxygen atoms in total. The van der Waals surface area contributed by atoms with Gasteiger partial charge in [-0.2, -0.15) is 0 Å². The van der Waals surface area contributed by atoms with Gasteiger partial charge in [-0.05, 0) is 80.0 Å². The fourth-order valence-electron chi connectivity index (χ4n) is 6.49. The number of hydrogen-bond acceptors (Lipinski definition) is 2. The van der Waals surface area contributed by atoms with E-state index in [1.54, 1.807) is 0 Å². The Labute approximate surface area is 129 Å². The zero-order valence-electron chi connectivity index (χ0n) is 13.6. The molecule has 0 aromatic carbocycles. The minimum absolute atomic E-state index is 0.143. The van der Waals surface area contributed by atoms with Gasteiger partial charge in [0.25, 0.3) is 0 Å². The van der Waals surface area contributed by atoms with E-state index in [-0.39, 0.29) is 11.9 Å². The summed E-state index contributed by atoms with van der Waals surface area (Å²) in [6.07, 6.45) is 9.37. The van der Waals surface area contributed by atoms with Crippen LogP contribution in [0.3, 0.4) is 0 Å². The van der Waals surface area contributed by atoms with Gasteiger partial charge in [0.1, 0.15) is 0 Å². The van der Waals surface area contributed by atoms with Crippen LogP contribution in [0.15, 0.2) is 0 Å². The number of fused-ring (bicyclic) bond motifs is 4. The molecular formula is C19H30O2. The van der Waals surface area contributed by atoms with Gasteiger partial charge in [0.2, 0.25) is 0 Å². The summed E-state index contributed by atoms with van der Waals surface area (Å²) in [5.74, 6) is 5.82. The predicted octanol–water partition coefficient (Wildman–Crippen LogP) is 4.28. The maximum Gasteiger partial charge on any atom is 0.309 e. The van der Waals surface area contributed by atoms with Crippen molar-refractivity contribution in [1.82, 2.24) is 0 Å². The van der Waals surface area contributed by atoms with Crippen molar-refractivity contribution in [1.29, 1.82) is 0 Å². The van der Waals surface area contributed by atoms with Gasteiger partial charge in [0, 0.05) is 0 Å². The molecule has 0 heterocycles. The first-order valence-corrected chi connectivity index (χ1v) is 9.34. The summed E-state index contributed by atoms with van der Waals surface area (Å²) in [5.41, 5.74) is 0. The Kier molecular flexibility index (Phi) is 3.54. The molecule has 0 N–H and O–H groups in total. The zero-order chi connectivity index (χ0) is 14.6. The quantitative estimate of drug-likeness (QED) is 0.722. The monoisotopic (exact) mass is 290 g/mol. The van der Waals surface area contributed by atoms with Crippen LogP contribution in [0.4, 0.5) is 0 Å². The Morgan fingerprint density at radius 1 is 0.952 bits per heavy atom. The fourth-order valence-corrected chi connectivity index (χ4v) is 6.49. The molecule has 0 saturated heterocycles. The van der Waals surface area contributed by atoms with Crippen LogP contribution in [0.2, 0.25) is 0 Å². The molecule has 0 amide bonds. The van der Waals surface area contributed by atoms with Crippen LogP contribution in [0.25, 0.3) is 0 Å². The lowest BCUT2D eigenvalue weighted by Gasteiger charge is -2.29. The Hall–Kier alpha value is -0.530. The standard InChI is InChI=1S/C19H30O2/c1-3-12-6-16-8-15(12)9-17(16)10-21-19(20)18-11(2)13-4-5-14(18)7-13/h11-18H,3-10H2,1-2H3. The first kappa shape index (κ1) is 14.1. The van der Waals surface area contributed by atoms with Gasteiger partial charge in [-0.3, -0.25) is 4.79 Å². The van der Waals surface area contributed by atoms with E-state index in [2.05, 4.69) is 13.8 Å². The molecule has 4 aliphatic carbocycles. The number of rotatable bonds is 4. The van der Waals surface area contributed by atoms with Crippen molar-refractivity contribution in [3.05, 3.63) is 0 Å². The molecule has 4 aliphatic rings. The smallest absolute Gasteiger partial charge is 0.309 e. The maximum absolute atomic E-state index is 12.5. The molecule has 4 saturated carbocycles. The van der Waals surface area contributed by atoms with E-state index in [1.165, 1.54) is 44.9 Å². The third-order valence-corrected chi connectivity index (χ3v) is 7.72. The van der Waals surface area contributed by atoms with Crippen molar-refractivity contribution < 1.29 is 9.53 Å². The summed E-state index contributed by atoms with van der Waals surface area (Å²) < 4.78 is 5.82. The highest BCUT2D eigenvalue weighted by atomic mass is 16.5. The average Bonchev–Trinajstić information content (AvgIpc) is 3.23. The van der Waals surface area contributed by atoms with Gasteiger partial charge < -0.3 is 4.74 Å². The molecule has 0 spiro atoms. The van der Waals surface area contributed by atoms with Gasteiger partial charge in [-0.15, -0.1) is 0 Å². The van der Waals surface area contributed by atoms with Crippen LogP contribution < -0.4 is 0 Å². The highest BCUT2D eigenvalue weighted by Gasteiger charge is 2.50. The van der Waals surface area contributed by atoms with Gasteiger partial charge in [0.15, 0.2) is 0 Å². The number of esters is 1. The second-order valence-electron chi connectivity index (χ2n) is 8.50. The van der Waals surface area contributed by atoms with Crippen molar-refractivity contribution in [2.24, 2.45) is 47.3 Å². The minimum atomic E-state index is 0.143. The van der Waals surface area contributed by atoms with Gasteiger partial charge in [0.05, 0.1) is 12.5 Å². The number of carbonyl (C=O) groups excluding carboxylic acids is 1. The van der Waals surface area contributed by atoms with Crippen molar-refractivity contribution in [3.63, 3.8) is 0 Å². The topological polar surface area (TPSA) is 26.3 Å². The molecule has 4 bridgehead atoms. The zero-order valence-corrected chi connectivity index (χ0v) is 13.6. The number of ether oxygens (including phenoxy) is 1. The fraction of sp³-hybridized carbons (Fsp3) is 0.947. The van der Waals surface area contributed by atoms with Crippen molar-refractivity contribution >= 4 is 5.97 Å². The van der Waals surface area contributed by atoms with Crippen LogP contribution in [-0.2, 0) is 9.53 Å². The van der Waals surface area contributed by atoms with E-state index in [1.807, 2.05) is 0 Å².